The van der Waals surface area contributed by atoms with Gasteiger partial charge in [0.25, 0.3) is 0 Å². The molecule has 1 saturated carbocycles. The molecule has 1 unspecified atom stereocenters. The van der Waals surface area contributed by atoms with E-state index < -0.39 is 0 Å². The van der Waals surface area contributed by atoms with Crippen molar-refractivity contribution in [2.75, 3.05) is 5.32 Å². The van der Waals surface area contributed by atoms with Crippen LogP contribution < -0.4 is 5.32 Å². The zero-order valence-electron chi connectivity index (χ0n) is 16.9. The van der Waals surface area contributed by atoms with Crippen LogP contribution >= 0.6 is 0 Å². The standard InChI is InChI=1S/C23H28N4O/c1-22(2)9-8-17-16(18(28)12-22)11-23(3,15-5-4-10-24-13-15)19-20(14-6-7-14)26-27-21(19)25-17/h4-5,10,13-14H,6-9,11-12H2,1-3H3,(H2,25,26,27). The summed E-state index contributed by atoms with van der Waals surface area (Å²) in [6.45, 7) is 6.65. The van der Waals surface area contributed by atoms with E-state index in [1.54, 1.807) is 0 Å². The molecule has 0 radical (unpaired) electrons. The predicted octanol–water partition coefficient (Wildman–Crippen LogP) is 4.84. The highest BCUT2D eigenvalue weighted by Crippen LogP contribution is 2.52. The number of hydrogen-bond donors (Lipinski definition) is 2. The van der Waals surface area contributed by atoms with Crippen LogP contribution in [0.15, 0.2) is 35.8 Å². The zero-order chi connectivity index (χ0) is 19.5. The molecule has 0 bridgehead atoms. The van der Waals surface area contributed by atoms with Crippen molar-refractivity contribution in [3.8, 4) is 0 Å². The van der Waals surface area contributed by atoms with Crippen molar-refractivity contribution in [1.82, 2.24) is 15.2 Å². The average Bonchev–Trinajstić information content (AvgIpc) is 3.45. The van der Waals surface area contributed by atoms with Gasteiger partial charge in [-0.15, -0.1) is 0 Å². The molecule has 0 spiro atoms. The van der Waals surface area contributed by atoms with Gasteiger partial charge < -0.3 is 5.32 Å². The number of Topliss-reactive ketones (excluding diaryl/α,β-unsaturated/α-hetero) is 1. The maximum atomic E-state index is 13.3. The van der Waals surface area contributed by atoms with Crippen LogP contribution in [0.3, 0.4) is 0 Å². The van der Waals surface area contributed by atoms with Crippen molar-refractivity contribution in [3.05, 3.63) is 52.6 Å². The Morgan fingerprint density at radius 2 is 2.00 bits per heavy atom. The molecule has 3 aliphatic rings. The first kappa shape index (κ1) is 17.7. The summed E-state index contributed by atoms with van der Waals surface area (Å²) in [6, 6.07) is 4.12. The van der Waals surface area contributed by atoms with E-state index in [2.05, 4.69) is 47.3 Å². The summed E-state index contributed by atoms with van der Waals surface area (Å²) in [4.78, 5) is 17.7. The van der Waals surface area contributed by atoms with E-state index in [4.69, 9.17) is 0 Å². The highest BCUT2D eigenvalue weighted by molar-refractivity contribution is 5.98. The van der Waals surface area contributed by atoms with Crippen LogP contribution in [-0.2, 0) is 10.2 Å². The third kappa shape index (κ3) is 2.79. The number of nitrogens with one attached hydrogen (secondary N) is 2. The van der Waals surface area contributed by atoms with Gasteiger partial charge >= 0.3 is 0 Å². The van der Waals surface area contributed by atoms with Gasteiger partial charge in [0.1, 0.15) is 0 Å². The maximum Gasteiger partial charge on any atom is 0.161 e. The minimum Gasteiger partial charge on any atom is -0.342 e. The van der Waals surface area contributed by atoms with Crippen molar-refractivity contribution in [2.24, 2.45) is 5.41 Å². The Kier molecular flexibility index (Phi) is 3.80. The Hall–Kier alpha value is -2.43. The Balaban J connectivity index is 1.69. The Bertz CT molecular complexity index is 968. The number of hydrogen-bond acceptors (Lipinski definition) is 4. The van der Waals surface area contributed by atoms with Gasteiger partial charge in [-0.3, -0.25) is 14.9 Å². The molecule has 5 rings (SSSR count). The SMILES string of the molecule is CC1(C)CCC2=C(CC(C)(c3cccnc3)c3c(n[nH]c3C3CC3)N2)C(=O)C1. The smallest absolute Gasteiger partial charge is 0.161 e. The summed E-state index contributed by atoms with van der Waals surface area (Å²) < 4.78 is 0. The molecular formula is C23H28N4O. The molecule has 2 N–H and O–H groups in total. The summed E-state index contributed by atoms with van der Waals surface area (Å²) in [5.41, 5.74) is 5.33. The molecule has 5 nitrogen and oxygen atoms in total. The summed E-state index contributed by atoms with van der Waals surface area (Å²) in [7, 11) is 0. The number of pyridine rings is 1. The zero-order valence-corrected chi connectivity index (χ0v) is 16.9. The first-order valence-electron chi connectivity index (χ1n) is 10.4. The molecule has 5 heteroatoms. The van der Waals surface area contributed by atoms with Crippen LogP contribution in [0.1, 0.15) is 82.0 Å². The maximum absolute atomic E-state index is 13.3. The molecule has 1 aliphatic heterocycles. The number of H-pyrrole nitrogens is 1. The fourth-order valence-electron chi connectivity index (χ4n) is 4.95. The van der Waals surface area contributed by atoms with E-state index in [0.29, 0.717) is 18.8 Å². The molecule has 0 amide bonds. The van der Waals surface area contributed by atoms with Gasteiger partial charge in [-0.1, -0.05) is 26.8 Å². The van der Waals surface area contributed by atoms with Gasteiger partial charge in [-0.2, -0.15) is 5.10 Å². The molecule has 0 saturated heterocycles. The highest BCUT2D eigenvalue weighted by Gasteiger charge is 2.44. The number of anilines is 1. The van der Waals surface area contributed by atoms with Gasteiger partial charge in [0, 0.05) is 52.7 Å². The van der Waals surface area contributed by atoms with Crippen molar-refractivity contribution in [3.63, 3.8) is 0 Å². The van der Waals surface area contributed by atoms with Crippen LogP contribution in [0.5, 0.6) is 0 Å². The molecule has 0 aromatic carbocycles. The van der Waals surface area contributed by atoms with Crippen molar-refractivity contribution >= 4 is 11.6 Å². The molecule has 146 valence electrons. The fourth-order valence-corrected chi connectivity index (χ4v) is 4.95. The van der Waals surface area contributed by atoms with Crippen LogP contribution in [0.4, 0.5) is 5.82 Å². The Labute approximate surface area is 166 Å². The van der Waals surface area contributed by atoms with Gasteiger partial charge in [0.05, 0.1) is 0 Å². The highest BCUT2D eigenvalue weighted by atomic mass is 16.1. The fraction of sp³-hybridized carbons (Fsp3) is 0.522. The number of nitrogens with zero attached hydrogens (tertiary/aromatic N) is 2. The van der Waals surface area contributed by atoms with Gasteiger partial charge in [0.2, 0.25) is 0 Å². The predicted molar refractivity (Wildman–Crippen MR) is 109 cm³/mol. The normalized spacial score (nSPS) is 26.8. The second-order valence-electron chi connectivity index (χ2n) is 9.73. The van der Waals surface area contributed by atoms with Crippen LogP contribution in [0.2, 0.25) is 0 Å². The van der Waals surface area contributed by atoms with Crippen LogP contribution in [-0.4, -0.2) is 21.0 Å². The number of fused-ring (bicyclic) bond motifs is 1. The number of carbonyl (C=O) groups excluding carboxylic acids is 1. The quantitative estimate of drug-likeness (QED) is 0.787. The van der Waals surface area contributed by atoms with Crippen molar-refractivity contribution in [1.29, 1.82) is 0 Å². The minimum atomic E-state index is -0.331. The molecule has 28 heavy (non-hydrogen) atoms. The second-order valence-corrected chi connectivity index (χ2v) is 9.73. The van der Waals surface area contributed by atoms with E-state index in [1.807, 2.05) is 18.5 Å². The van der Waals surface area contributed by atoms with E-state index in [1.165, 1.54) is 24.1 Å². The lowest BCUT2D eigenvalue weighted by molar-refractivity contribution is -0.117. The van der Waals surface area contributed by atoms with Gasteiger partial charge in [0.15, 0.2) is 11.6 Å². The van der Waals surface area contributed by atoms with Crippen LogP contribution in [0, 0.1) is 5.41 Å². The van der Waals surface area contributed by atoms with Crippen molar-refractivity contribution in [2.45, 2.75) is 70.6 Å². The summed E-state index contributed by atoms with van der Waals surface area (Å²) in [5.74, 6) is 1.73. The summed E-state index contributed by atoms with van der Waals surface area (Å²) in [5, 5.41) is 11.6. The first-order chi connectivity index (χ1) is 13.4. The number of carbonyl (C=O) groups is 1. The third-order valence-electron chi connectivity index (χ3n) is 6.82. The number of allylic oxidation sites excluding steroid dienone is 2. The number of aromatic nitrogens is 3. The average molecular weight is 377 g/mol. The third-order valence-corrected chi connectivity index (χ3v) is 6.82. The van der Waals surface area contributed by atoms with Gasteiger partial charge in [-0.25, -0.2) is 0 Å². The van der Waals surface area contributed by atoms with E-state index in [9.17, 15) is 4.79 Å². The summed E-state index contributed by atoms with van der Waals surface area (Å²) >= 11 is 0. The van der Waals surface area contributed by atoms with Crippen molar-refractivity contribution < 1.29 is 4.79 Å². The lowest BCUT2D eigenvalue weighted by Gasteiger charge is -2.31. The largest absolute Gasteiger partial charge is 0.342 e. The molecule has 1 atom stereocenters. The molecule has 3 heterocycles. The van der Waals surface area contributed by atoms with Crippen LogP contribution in [0.25, 0.3) is 0 Å². The van der Waals surface area contributed by atoms with Gasteiger partial charge in [-0.05, 0) is 49.1 Å². The molecule has 1 fully saturated rings. The Morgan fingerprint density at radius 3 is 2.71 bits per heavy atom. The molecule has 2 aliphatic carbocycles. The van der Waals surface area contributed by atoms with E-state index in [0.717, 1.165) is 35.5 Å². The van der Waals surface area contributed by atoms with E-state index >= 15 is 0 Å². The summed E-state index contributed by atoms with van der Waals surface area (Å²) in [6.07, 6.45) is 9.37. The lowest BCUT2D eigenvalue weighted by atomic mass is 9.71. The first-order valence-corrected chi connectivity index (χ1v) is 10.4. The number of aromatic amines is 1. The molecule has 2 aromatic rings. The van der Waals surface area contributed by atoms with E-state index in [-0.39, 0.29) is 16.6 Å². The Morgan fingerprint density at radius 1 is 1.18 bits per heavy atom. The minimum absolute atomic E-state index is 0.0310. The number of rotatable bonds is 2. The molecule has 2 aromatic heterocycles. The number of ketones is 1. The topological polar surface area (TPSA) is 70.7 Å². The molecular weight excluding hydrogens is 348 g/mol. The monoisotopic (exact) mass is 376 g/mol. The second kappa shape index (κ2) is 6.03. The lowest BCUT2D eigenvalue weighted by Crippen LogP contribution is -2.27.